The van der Waals surface area contributed by atoms with Gasteiger partial charge in [0.25, 0.3) is 5.91 Å². The molecule has 1 aliphatic rings. The number of rotatable bonds is 3. The van der Waals surface area contributed by atoms with Crippen molar-refractivity contribution in [2.75, 3.05) is 5.32 Å². The molecule has 26 heavy (non-hydrogen) atoms. The normalized spacial score (nSPS) is 16.8. The number of amides is 1. The fraction of sp³-hybridized carbons (Fsp3) is 0.278. The highest BCUT2D eigenvalue weighted by Crippen LogP contribution is 2.30. The van der Waals surface area contributed by atoms with E-state index >= 15 is 0 Å². The number of hydrogen-bond donors (Lipinski definition) is 2. The Hall–Kier alpha value is -1.89. The monoisotopic (exact) mass is 408 g/mol. The van der Waals surface area contributed by atoms with Gasteiger partial charge in [-0.2, -0.15) is 4.37 Å². The van der Waals surface area contributed by atoms with Crippen molar-refractivity contribution in [3.05, 3.63) is 57.3 Å². The highest BCUT2D eigenvalue weighted by molar-refractivity contribution is 7.10. The van der Waals surface area contributed by atoms with Crippen molar-refractivity contribution in [1.82, 2.24) is 9.69 Å². The minimum Gasteiger partial charge on any atom is -0.342 e. The Kier molecular flexibility index (Phi) is 5.37. The van der Waals surface area contributed by atoms with Crippen LogP contribution < -0.4 is 10.6 Å². The zero-order valence-corrected chi connectivity index (χ0v) is 16.8. The third-order valence-corrected chi connectivity index (χ3v) is 5.27. The summed E-state index contributed by atoms with van der Waals surface area (Å²) in [7, 11) is 0. The SMILES string of the molecule is CC(C)(C)c1cc(NC(=O)C2=CC(c3ccc(Cl)c(Cl)c3)N=CN2)sn1. The third-order valence-electron chi connectivity index (χ3n) is 3.82. The van der Waals surface area contributed by atoms with Crippen LogP contribution in [-0.2, 0) is 10.2 Å². The summed E-state index contributed by atoms with van der Waals surface area (Å²) in [5.41, 5.74) is 2.16. The molecule has 1 aromatic heterocycles. The van der Waals surface area contributed by atoms with E-state index in [1.165, 1.54) is 17.9 Å². The van der Waals surface area contributed by atoms with Crippen molar-refractivity contribution in [3.8, 4) is 0 Å². The Morgan fingerprint density at radius 1 is 1.23 bits per heavy atom. The maximum absolute atomic E-state index is 12.6. The third kappa shape index (κ3) is 4.26. The van der Waals surface area contributed by atoms with Gasteiger partial charge in [-0.3, -0.25) is 9.79 Å². The summed E-state index contributed by atoms with van der Waals surface area (Å²) in [6.07, 6.45) is 3.26. The van der Waals surface area contributed by atoms with E-state index in [1.807, 2.05) is 12.1 Å². The first-order chi connectivity index (χ1) is 12.2. The van der Waals surface area contributed by atoms with Crippen LogP contribution in [0.1, 0.15) is 38.1 Å². The van der Waals surface area contributed by atoms with Crippen molar-refractivity contribution >= 4 is 52.0 Å². The first kappa shape index (κ1) is 18.9. The van der Waals surface area contributed by atoms with Gasteiger partial charge in [0.05, 0.1) is 28.1 Å². The molecule has 1 atom stereocenters. The molecule has 5 nitrogen and oxygen atoms in total. The number of aromatic nitrogens is 1. The molecule has 0 radical (unpaired) electrons. The lowest BCUT2D eigenvalue weighted by atomic mass is 9.92. The second kappa shape index (κ2) is 7.39. The Morgan fingerprint density at radius 3 is 2.65 bits per heavy atom. The van der Waals surface area contributed by atoms with Crippen LogP contribution >= 0.6 is 34.7 Å². The predicted molar refractivity (Wildman–Crippen MR) is 108 cm³/mol. The van der Waals surface area contributed by atoms with Crippen molar-refractivity contribution in [2.45, 2.75) is 32.2 Å². The molecule has 0 bridgehead atoms. The fourth-order valence-electron chi connectivity index (χ4n) is 2.32. The molecule has 8 heteroatoms. The lowest BCUT2D eigenvalue weighted by molar-refractivity contribution is -0.113. The predicted octanol–water partition coefficient (Wildman–Crippen LogP) is 4.94. The van der Waals surface area contributed by atoms with E-state index in [4.69, 9.17) is 23.2 Å². The highest BCUT2D eigenvalue weighted by Gasteiger charge is 2.21. The first-order valence-corrected chi connectivity index (χ1v) is 9.50. The quantitative estimate of drug-likeness (QED) is 0.755. The molecule has 0 saturated carbocycles. The molecular weight excluding hydrogens is 391 g/mol. The summed E-state index contributed by atoms with van der Waals surface area (Å²) in [4.78, 5) is 16.9. The number of benzene rings is 1. The van der Waals surface area contributed by atoms with Gasteiger partial charge in [0.1, 0.15) is 10.7 Å². The number of halogens is 2. The topological polar surface area (TPSA) is 66.4 Å². The second-order valence-electron chi connectivity index (χ2n) is 6.90. The molecule has 136 valence electrons. The van der Waals surface area contributed by atoms with Crippen molar-refractivity contribution < 1.29 is 4.79 Å². The summed E-state index contributed by atoms with van der Waals surface area (Å²) in [6, 6.07) is 6.90. The van der Waals surface area contributed by atoms with Crippen LogP contribution in [-0.4, -0.2) is 16.6 Å². The average Bonchev–Trinajstić information content (AvgIpc) is 3.06. The van der Waals surface area contributed by atoms with E-state index in [-0.39, 0.29) is 17.4 Å². The molecule has 0 spiro atoms. The van der Waals surface area contributed by atoms with Crippen LogP contribution in [0.5, 0.6) is 0 Å². The van der Waals surface area contributed by atoms with E-state index in [0.717, 1.165) is 11.3 Å². The van der Waals surface area contributed by atoms with Crippen molar-refractivity contribution in [2.24, 2.45) is 4.99 Å². The molecule has 1 aliphatic heterocycles. The number of carbonyl (C=O) groups excluding carboxylic acids is 1. The molecule has 0 saturated heterocycles. The standard InChI is InChI=1S/C18H18Cl2N4OS/c1-18(2,3)15-8-16(26-24-15)23-17(25)14-7-13(21-9-22-14)10-4-5-11(19)12(20)6-10/h4-9,13H,1-3H3,(H,21,22)(H,23,25). The number of aliphatic imine (C=N–C) groups is 1. The maximum atomic E-state index is 12.6. The van der Waals surface area contributed by atoms with Crippen molar-refractivity contribution in [1.29, 1.82) is 0 Å². The number of nitrogens with one attached hydrogen (secondary N) is 2. The zero-order chi connectivity index (χ0) is 18.9. The highest BCUT2D eigenvalue weighted by atomic mass is 35.5. The lowest BCUT2D eigenvalue weighted by Gasteiger charge is -2.17. The first-order valence-electron chi connectivity index (χ1n) is 7.97. The van der Waals surface area contributed by atoms with Gasteiger partial charge in [0.2, 0.25) is 0 Å². The number of anilines is 1. The maximum Gasteiger partial charge on any atom is 0.272 e. The molecule has 2 N–H and O–H groups in total. The van der Waals surface area contributed by atoms with Gasteiger partial charge in [-0.1, -0.05) is 50.0 Å². The molecular formula is C18H18Cl2N4OS. The molecule has 1 aromatic carbocycles. The van der Waals surface area contributed by atoms with Crippen LogP contribution in [0.15, 0.2) is 41.0 Å². The molecule has 0 fully saturated rings. The summed E-state index contributed by atoms with van der Waals surface area (Å²) in [5, 5.41) is 7.40. The Balaban J connectivity index is 1.75. The minimum absolute atomic E-state index is 0.0621. The van der Waals surface area contributed by atoms with Gasteiger partial charge in [-0.05, 0) is 41.4 Å². The Bertz CT molecular complexity index is 899. The zero-order valence-electron chi connectivity index (χ0n) is 14.5. The summed E-state index contributed by atoms with van der Waals surface area (Å²) < 4.78 is 4.40. The van der Waals surface area contributed by atoms with Gasteiger partial charge in [-0.25, -0.2) is 0 Å². The molecule has 2 aromatic rings. The largest absolute Gasteiger partial charge is 0.342 e. The number of nitrogens with zero attached hydrogens (tertiary/aromatic N) is 2. The van der Waals surface area contributed by atoms with Gasteiger partial charge in [-0.15, -0.1) is 0 Å². The average molecular weight is 409 g/mol. The summed E-state index contributed by atoms with van der Waals surface area (Å²) >= 11 is 13.3. The van der Waals surface area contributed by atoms with E-state index in [9.17, 15) is 4.79 Å². The lowest BCUT2D eigenvalue weighted by Crippen LogP contribution is -2.27. The van der Waals surface area contributed by atoms with Crippen LogP contribution in [0.4, 0.5) is 5.00 Å². The van der Waals surface area contributed by atoms with E-state index in [2.05, 4.69) is 40.8 Å². The number of hydrogen-bond acceptors (Lipinski definition) is 5. The van der Waals surface area contributed by atoms with Crippen molar-refractivity contribution in [3.63, 3.8) is 0 Å². The van der Waals surface area contributed by atoms with Gasteiger partial charge < -0.3 is 10.6 Å². The molecule has 2 heterocycles. The molecule has 1 unspecified atom stereocenters. The van der Waals surface area contributed by atoms with Crippen LogP contribution in [0.25, 0.3) is 0 Å². The van der Waals surface area contributed by atoms with Gasteiger partial charge in [0, 0.05) is 5.41 Å². The van der Waals surface area contributed by atoms with Crippen LogP contribution in [0, 0.1) is 0 Å². The second-order valence-corrected chi connectivity index (χ2v) is 8.52. The summed E-state index contributed by atoms with van der Waals surface area (Å²) in [6.45, 7) is 6.24. The molecule has 1 amide bonds. The molecule has 0 aliphatic carbocycles. The van der Waals surface area contributed by atoms with E-state index in [1.54, 1.807) is 18.2 Å². The van der Waals surface area contributed by atoms with Gasteiger partial charge >= 0.3 is 0 Å². The van der Waals surface area contributed by atoms with Crippen LogP contribution in [0.2, 0.25) is 10.0 Å². The van der Waals surface area contributed by atoms with E-state index < -0.39 is 0 Å². The van der Waals surface area contributed by atoms with Gasteiger partial charge in [0.15, 0.2) is 0 Å². The minimum atomic E-state index is -0.307. The molecule has 3 rings (SSSR count). The Morgan fingerprint density at radius 2 is 2.00 bits per heavy atom. The van der Waals surface area contributed by atoms with Crippen LogP contribution in [0.3, 0.4) is 0 Å². The smallest absolute Gasteiger partial charge is 0.272 e. The Labute approximate surface area is 166 Å². The van der Waals surface area contributed by atoms with E-state index in [0.29, 0.717) is 20.7 Å². The number of carbonyl (C=O) groups is 1. The summed E-state index contributed by atoms with van der Waals surface area (Å²) in [5.74, 6) is -0.245. The fourth-order valence-corrected chi connectivity index (χ4v) is 3.46.